The van der Waals surface area contributed by atoms with Crippen molar-refractivity contribution in [3.8, 4) is 0 Å². The van der Waals surface area contributed by atoms with E-state index in [1.165, 1.54) is 19.4 Å². The molecule has 0 atom stereocenters. The number of rotatable bonds is 1. The van der Waals surface area contributed by atoms with Crippen molar-refractivity contribution >= 4 is 11.9 Å². The van der Waals surface area contributed by atoms with E-state index >= 15 is 0 Å². The predicted molar refractivity (Wildman–Crippen MR) is 140 cm³/mol. The zero-order valence-electron chi connectivity index (χ0n) is 22.7. The standard InChI is InChI=1S/C7H16.C6H12O.2C6H12.2CH4.3W/c1-6(2)7(3,4)5;1-5-7-6(2,3)4;2*1-5-6(2,3)4;;;;;/h6H,1-5H3;1-4H3;2*1-4H3;2*1H4;;;. The van der Waals surface area contributed by atoms with Crippen molar-refractivity contribution < 1.29 is 62.8 Å². The van der Waals surface area contributed by atoms with Crippen LogP contribution < -0.4 is 0 Å². The van der Waals surface area contributed by atoms with Crippen molar-refractivity contribution in [1.29, 1.82) is 0 Å². The van der Waals surface area contributed by atoms with Crippen molar-refractivity contribution in [2.24, 2.45) is 22.2 Å². The van der Waals surface area contributed by atoms with E-state index in [1.54, 1.807) is 46.5 Å². The molecule has 1 nitrogen and oxygen atoms in total. The molecule has 0 unspecified atom stereocenters. The van der Waals surface area contributed by atoms with Gasteiger partial charge in [-0.15, -0.1) is 0 Å². The fraction of sp³-hybridized carbons (Fsp3) is 0.889. The van der Waals surface area contributed by atoms with E-state index in [1.807, 2.05) is 6.92 Å². The fourth-order valence-electron chi connectivity index (χ4n) is 0.431. The van der Waals surface area contributed by atoms with Gasteiger partial charge in [0.2, 0.25) is 0 Å². The molecule has 0 fully saturated rings. The second kappa shape index (κ2) is 19.9. The third-order valence-corrected chi connectivity index (χ3v) is 8.99. The molecule has 0 rings (SSSR count). The van der Waals surface area contributed by atoms with Gasteiger partial charge in [-0.3, -0.25) is 0 Å². The summed E-state index contributed by atoms with van der Waals surface area (Å²) in [7, 11) is 0. The Morgan fingerprint density at radius 3 is 0.742 bits per heavy atom. The fourth-order valence-corrected chi connectivity index (χ4v) is 1.33. The molecule has 0 saturated carbocycles. The molecule has 0 heterocycles. The molecule has 0 amide bonds. The first-order valence-electron chi connectivity index (χ1n) is 10.5. The molecule has 0 aliphatic carbocycles. The van der Waals surface area contributed by atoms with Gasteiger partial charge in [-0.2, -0.15) is 0 Å². The Morgan fingerprint density at radius 1 is 0.581 bits per heavy atom. The van der Waals surface area contributed by atoms with Gasteiger partial charge < -0.3 is 0 Å². The number of ether oxygens (including phenoxy) is 1. The van der Waals surface area contributed by atoms with E-state index in [0.29, 0.717) is 16.2 Å². The molecule has 0 radical (unpaired) electrons. The Morgan fingerprint density at radius 2 is 0.742 bits per heavy atom. The normalized spacial score (nSPS) is 11.0. The van der Waals surface area contributed by atoms with Crippen LogP contribution in [-0.2, 0) is 62.8 Å². The zero-order chi connectivity index (χ0) is 25.0. The van der Waals surface area contributed by atoms with Crippen LogP contribution in [-0.4, -0.2) is 17.5 Å². The molecular formula is C27H60OW3. The molecule has 0 aromatic rings. The summed E-state index contributed by atoms with van der Waals surface area (Å²) < 4.78 is 9.65. The van der Waals surface area contributed by atoms with Crippen LogP contribution in [0.2, 0.25) is 0 Å². The molecule has 0 N–H and O–H groups in total. The van der Waals surface area contributed by atoms with Gasteiger partial charge in [0.25, 0.3) is 0 Å². The van der Waals surface area contributed by atoms with Crippen molar-refractivity contribution in [3.05, 3.63) is 0 Å². The Kier molecular flexibility index (Phi) is 29.5. The first-order valence-corrected chi connectivity index (χ1v) is 14.9. The molecule has 0 aliphatic rings. The van der Waals surface area contributed by atoms with Gasteiger partial charge >= 0.3 is 174 Å². The quantitative estimate of drug-likeness (QED) is 0.255. The molecule has 192 valence electrons. The van der Waals surface area contributed by atoms with Gasteiger partial charge in [0.15, 0.2) is 0 Å². The van der Waals surface area contributed by atoms with Crippen molar-refractivity contribution in [2.45, 2.75) is 138 Å². The minimum absolute atomic E-state index is 0. The van der Waals surface area contributed by atoms with Gasteiger partial charge in [0, 0.05) is 0 Å². The maximum atomic E-state index is 5.39. The number of hydrogen-bond acceptors (Lipinski definition) is 1. The van der Waals surface area contributed by atoms with Crippen LogP contribution in [0, 0.1) is 22.2 Å². The summed E-state index contributed by atoms with van der Waals surface area (Å²) >= 11 is 4.64. The van der Waals surface area contributed by atoms with E-state index < -0.39 is 0 Å². The first kappa shape index (κ1) is 46.0. The van der Waals surface area contributed by atoms with Crippen molar-refractivity contribution in [3.63, 3.8) is 0 Å². The summed E-state index contributed by atoms with van der Waals surface area (Å²) in [6.07, 6.45) is 0. The van der Waals surface area contributed by atoms with Crippen LogP contribution in [0.4, 0.5) is 0 Å². The Bertz CT molecular complexity index is 453. The third kappa shape index (κ3) is 45.8. The van der Waals surface area contributed by atoms with Crippen LogP contribution in [0.15, 0.2) is 0 Å². The maximum absolute atomic E-state index is 5.39. The molecule has 0 aromatic heterocycles. The Hall–Kier alpha value is 1.63. The van der Waals surface area contributed by atoms with Crippen molar-refractivity contribution in [2.75, 3.05) is 0 Å². The SMILES string of the molecule is C.C.CC(C)C(C)(C)C.C[C](=[W])C(C)(C)C.C[C](=[W])C(C)(C)C.C[C](=[W])OC(C)(C)C. The molecule has 4 heteroatoms. The molecule has 0 saturated heterocycles. The Balaban J connectivity index is -0.0000000659. The summed E-state index contributed by atoms with van der Waals surface area (Å²) in [4.78, 5) is 0. The average Bonchev–Trinajstić information content (AvgIpc) is 2.33. The van der Waals surface area contributed by atoms with Gasteiger partial charge in [-0.05, 0) is 11.3 Å². The predicted octanol–water partition coefficient (Wildman–Crippen LogP) is 9.00. The van der Waals surface area contributed by atoms with Crippen molar-refractivity contribution in [1.82, 2.24) is 0 Å². The topological polar surface area (TPSA) is 9.23 Å². The van der Waals surface area contributed by atoms with Gasteiger partial charge in [-0.1, -0.05) is 49.5 Å². The Labute approximate surface area is 233 Å². The molecule has 0 aliphatic heterocycles. The zero-order valence-corrected chi connectivity index (χ0v) is 31.5. The summed E-state index contributed by atoms with van der Waals surface area (Å²) in [6.45, 7) is 37.3. The molecular weight excluding hydrogens is 892 g/mol. The van der Waals surface area contributed by atoms with Crippen LogP contribution in [0.25, 0.3) is 0 Å². The van der Waals surface area contributed by atoms with E-state index in [-0.39, 0.29) is 20.5 Å². The molecule has 0 bridgehead atoms. The van der Waals surface area contributed by atoms with E-state index in [9.17, 15) is 0 Å². The summed E-state index contributed by atoms with van der Waals surface area (Å²) in [5.74, 6) is 0.799. The van der Waals surface area contributed by atoms with Crippen LogP contribution in [0.5, 0.6) is 0 Å². The summed E-state index contributed by atoms with van der Waals surface area (Å²) in [5, 5.41) is 0. The summed E-state index contributed by atoms with van der Waals surface area (Å²) in [6, 6.07) is 0. The second-order valence-corrected chi connectivity index (χ2v) is 18.3. The van der Waals surface area contributed by atoms with Crippen LogP contribution in [0.1, 0.15) is 133 Å². The monoisotopic (exact) mass is 952 g/mol. The van der Waals surface area contributed by atoms with Gasteiger partial charge in [0.05, 0.1) is 0 Å². The summed E-state index contributed by atoms with van der Waals surface area (Å²) in [5.41, 5.74) is 1.41. The third-order valence-electron chi connectivity index (χ3n) is 4.29. The first-order chi connectivity index (χ1) is 12.2. The van der Waals surface area contributed by atoms with Gasteiger partial charge in [0.1, 0.15) is 0 Å². The molecule has 0 spiro atoms. The van der Waals surface area contributed by atoms with E-state index in [2.05, 4.69) is 111 Å². The van der Waals surface area contributed by atoms with E-state index in [0.717, 1.165) is 10.0 Å². The minimum atomic E-state index is 0. The number of hydrogen-bond donors (Lipinski definition) is 0. The average molecular weight is 952 g/mol. The van der Waals surface area contributed by atoms with Crippen LogP contribution in [0.3, 0.4) is 0 Å². The van der Waals surface area contributed by atoms with Crippen LogP contribution >= 0.6 is 0 Å². The molecule has 0 aromatic carbocycles. The van der Waals surface area contributed by atoms with Gasteiger partial charge in [-0.25, -0.2) is 0 Å². The molecule has 31 heavy (non-hydrogen) atoms. The second-order valence-electron chi connectivity index (χ2n) is 11.8. The van der Waals surface area contributed by atoms with E-state index in [4.69, 9.17) is 4.74 Å².